The zero-order valence-corrected chi connectivity index (χ0v) is 28.0. The highest BCUT2D eigenvalue weighted by atomic mass is 35.5. The number of nitroso groups, excluding NO2 is 1. The van der Waals surface area contributed by atoms with E-state index in [0.29, 0.717) is 45.4 Å². The Balaban J connectivity index is 1.56. The van der Waals surface area contributed by atoms with Crippen LogP contribution in [0.15, 0.2) is 77.0 Å². The van der Waals surface area contributed by atoms with Crippen LogP contribution < -0.4 is 11.3 Å². The highest BCUT2D eigenvalue weighted by Gasteiger charge is 2.50. The maximum atomic E-state index is 14.5. The van der Waals surface area contributed by atoms with Crippen molar-refractivity contribution >= 4 is 50.9 Å². The molecule has 0 aromatic heterocycles. The van der Waals surface area contributed by atoms with E-state index in [1.807, 2.05) is 0 Å². The number of amides is 3. The van der Waals surface area contributed by atoms with Gasteiger partial charge in [-0.2, -0.15) is 0 Å². The topological polar surface area (TPSA) is 217 Å². The molecule has 5 rings (SSSR count). The number of fused-ring (bicyclic) bond motifs is 1. The molecule has 0 saturated heterocycles. The number of hydrogen-bond donors (Lipinski definition) is 2. The van der Waals surface area contributed by atoms with Crippen molar-refractivity contribution in [2.45, 2.75) is 56.3 Å². The number of carbonyl (C=O) groups excluding carboxylic acids is 3. The SMILES string of the molecule is [N-]=[N+]=NCS(=O)(=O)N(N)[C@H]1CCCC[C@@H]1N1C(=O)c2ccccc2[C@@H](C(=O)NOCc2ccc(C(=O)N=O)cc2)[C@@H]1c1ccc(Cl)cc1Cl. The molecular weight excluding hydrogens is 699 g/mol. The highest BCUT2D eigenvalue weighted by Crippen LogP contribution is 2.48. The van der Waals surface area contributed by atoms with Gasteiger partial charge in [0.1, 0.15) is 5.88 Å². The molecule has 256 valence electrons. The summed E-state index contributed by atoms with van der Waals surface area (Å²) in [6.07, 6.45) is 1.87. The van der Waals surface area contributed by atoms with Crippen molar-refractivity contribution < 1.29 is 27.6 Å². The summed E-state index contributed by atoms with van der Waals surface area (Å²) in [5, 5.41) is 6.06. The molecular formula is C31H30Cl2N8O7S. The minimum Gasteiger partial charge on any atom is -0.326 e. The maximum Gasteiger partial charge on any atom is 0.316 e. The molecule has 3 aromatic carbocycles. The zero-order valence-electron chi connectivity index (χ0n) is 25.7. The second-order valence-electron chi connectivity index (χ2n) is 11.5. The molecule has 18 heteroatoms. The lowest BCUT2D eigenvalue weighted by molar-refractivity contribution is -0.138. The fourth-order valence-electron chi connectivity index (χ4n) is 6.41. The molecule has 3 aromatic rings. The van der Waals surface area contributed by atoms with Crippen molar-refractivity contribution in [1.82, 2.24) is 14.8 Å². The van der Waals surface area contributed by atoms with Crippen LogP contribution in [0.3, 0.4) is 0 Å². The van der Waals surface area contributed by atoms with Crippen LogP contribution in [0.4, 0.5) is 0 Å². The van der Waals surface area contributed by atoms with Crippen LogP contribution in [0, 0.1) is 4.91 Å². The van der Waals surface area contributed by atoms with Crippen LogP contribution in [-0.2, 0) is 26.3 Å². The summed E-state index contributed by atoms with van der Waals surface area (Å²) in [6.45, 7) is -0.117. The fraction of sp³-hybridized carbons (Fsp3) is 0.323. The predicted molar refractivity (Wildman–Crippen MR) is 179 cm³/mol. The molecule has 15 nitrogen and oxygen atoms in total. The third kappa shape index (κ3) is 7.60. The van der Waals surface area contributed by atoms with Gasteiger partial charge in [0.25, 0.3) is 11.8 Å². The van der Waals surface area contributed by atoms with Gasteiger partial charge in [-0.05, 0) is 65.4 Å². The van der Waals surface area contributed by atoms with Gasteiger partial charge in [-0.15, -0.1) is 9.32 Å². The molecule has 1 saturated carbocycles. The molecule has 0 spiro atoms. The van der Waals surface area contributed by atoms with E-state index >= 15 is 0 Å². The first-order valence-electron chi connectivity index (χ1n) is 15.0. The smallest absolute Gasteiger partial charge is 0.316 e. The third-order valence-electron chi connectivity index (χ3n) is 8.62. The standard InChI is InChI=1S/C31H30Cl2N8O7S/c32-20-13-14-23(24(33)15-20)28-27(30(43)38-48-16-18-9-11-19(12-10-18)29(42)37-45)21-5-1-2-6-22(21)31(44)40(28)25-7-3-4-8-26(25)41(35)49(46,47)17-36-39-34/h1-2,5-6,9-15,25-28H,3-4,7-8,16-17,35H2,(H,38,43)/t25-,26-,27+,28-/m0/s1. The van der Waals surface area contributed by atoms with Crippen molar-refractivity contribution in [3.8, 4) is 0 Å². The summed E-state index contributed by atoms with van der Waals surface area (Å²) in [5.41, 5.74) is 12.9. The number of hydrogen-bond acceptors (Lipinski definition) is 9. The number of benzene rings is 3. The number of hydrazine groups is 1. The fourth-order valence-corrected chi connectivity index (χ4v) is 7.92. The van der Waals surface area contributed by atoms with Crippen LogP contribution >= 0.6 is 23.2 Å². The molecule has 1 heterocycles. The van der Waals surface area contributed by atoms with Crippen molar-refractivity contribution in [2.75, 3.05) is 5.88 Å². The van der Waals surface area contributed by atoms with Gasteiger partial charge in [-0.3, -0.25) is 25.1 Å². The first kappa shape index (κ1) is 35.9. The molecule has 3 N–H and O–H groups in total. The van der Waals surface area contributed by atoms with Gasteiger partial charge < -0.3 is 4.90 Å². The van der Waals surface area contributed by atoms with Crippen molar-refractivity contribution in [3.63, 3.8) is 0 Å². The van der Waals surface area contributed by atoms with Gasteiger partial charge in [-0.25, -0.2) is 13.9 Å². The monoisotopic (exact) mass is 728 g/mol. The van der Waals surface area contributed by atoms with E-state index in [-0.39, 0.29) is 29.2 Å². The van der Waals surface area contributed by atoms with Gasteiger partial charge in [0, 0.05) is 31.3 Å². The lowest BCUT2D eigenvalue weighted by atomic mass is 9.76. The van der Waals surface area contributed by atoms with E-state index in [1.54, 1.807) is 36.4 Å². The molecule has 0 radical (unpaired) electrons. The van der Waals surface area contributed by atoms with E-state index in [2.05, 4.69) is 20.7 Å². The van der Waals surface area contributed by atoms with Gasteiger partial charge in [-0.1, -0.05) is 77.6 Å². The average molecular weight is 730 g/mol. The molecule has 1 aliphatic carbocycles. The molecule has 3 amide bonds. The predicted octanol–water partition coefficient (Wildman–Crippen LogP) is 5.51. The van der Waals surface area contributed by atoms with Crippen LogP contribution in [-0.4, -0.2) is 53.4 Å². The highest BCUT2D eigenvalue weighted by molar-refractivity contribution is 7.89. The molecule has 1 aliphatic heterocycles. The lowest BCUT2D eigenvalue weighted by Crippen LogP contribution is -2.61. The first-order valence-corrected chi connectivity index (χ1v) is 17.4. The van der Waals surface area contributed by atoms with E-state index in [9.17, 15) is 27.7 Å². The Morgan fingerprint density at radius 1 is 1.06 bits per heavy atom. The molecule has 1 fully saturated rings. The van der Waals surface area contributed by atoms with Crippen molar-refractivity contribution in [2.24, 2.45) is 16.1 Å². The summed E-state index contributed by atoms with van der Waals surface area (Å²) in [7, 11) is -4.27. The van der Waals surface area contributed by atoms with Crippen LogP contribution in [0.2, 0.25) is 10.0 Å². The summed E-state index contributed by atoms with van der Waals surface area (Å²) in [4.78, 5) is 60.4. The quantitative estimate of drug-likeness (QED) is 0.0639. The Labute approximate surface area is 290 Å². The van der Waals surface area contributed by atoms with Crippen molar-refractivity contribution in [3.05, 3.63) is 120 Å². The van der Waals surface area contributed by atoms with Gasteiger partial charge >= 0.3 is 5.91 Å². The number of azide groups is 1. The number of hydroxylamine groups is 1. The molecule has 49 heavy (non-hydrogen) atoms. The Morgan fingerprint density at radius 2 is 1.78 bits per heavy atom. The number of nitrogens with zero attached hydrogens (tertiary/aromatic N) is 6. The molecule has 0 unspecified atom stereocenters. The van der Waals surface area contributed by atoms with E-state index < -0.39 is 57.7 Å². The normalized spacial score (nSPS) is 20.7. The van der Waals surface area contributed by atoms with Crippen molar-refractivity contribution in [1.29, 1.82) is 0 Å². The summed E-state index contributed by atoms with van der Waals surface area (Å²) >= 11 is 13.0. The Bertz CT molecular complexity index is 1920. The van der Waals surface area contributed by atoms with E-state index in [0.717, 1.165) is 0 Å². The van der Waals surface area contributed by atoms with Crippen LogP contribution in [0.1, 0.15) is 75.0 Å². The number of carbonyl (C=O) groups is 3. The zero-order chi connectivity index (χ0) is 35.3. The first-order chi connectivity index (χ1) is 23.5. The van der Waals surface area contributed by atoms with Gasteiger partial charge in [0.05, 0.1) is 30.7 Å². The van der Waals surface area contributed by atoms with Gasteiger partial charge in [0.2, 0.25) is 10.0 Å². The number of nitrogens with two attached hydrogens (primary N) is 1. The van der Waals surface area contributed by atoms with Crippen LogP contribution in [0.5, 0.6) is 0 Å². The number of rotatable bonds is 11. The second kappa shape index (κ2) is 15.4. The molecule has 4 atom stereocenters. The lowest BCUT2D eigenvalue weighted by Gasteiger charge is -2.50. The minimum atomic E-state index is -4.27. The summed E-state index contributed by atoms with van der Waals surface area (Å²) in [5.74, 6) is 2.18. The molecule has 0 bridgehead atoms. The summed E-state index contributed by atoms with van der Waals surface area (Å²) in [6, 6.07) is 14.3. The Hall–Kier alpha value is -4.41. The van der Waals surface area contributed by atoms with Gasteiger partial charge in [0.15, 0.2) is 0 Å². The number of nitrogens with one attached hydrogen (secondary N) is 1. The number of halogens is 2. The van der Waals surface area contributed by atoms with E-state index in [4.69, 9.17) is 39.4 Å². The Kier molecular flexibility index (Phi) is 11.3. The number of sulfonamides is 1. The molecule has 2 aliphatic rings. The maximum absolute atomic E-state index is 14.5. The Morgan fingerprint density at radius 3 is 2.47 bits per heavy atom. The minimum absolute atomic E-state index is 0.0942. The average Bonchev–Trinajstić information content (AvgIpc) is 3.10. The second-order valence-corrected chi connectivity index (χ2v) is 14.1. The summed E-state index contributed by atoms with van der Waals surface area (Å²) < 4.78 is 26.8. The largest absolute Gasteiger partial charge is 0.326 e. The third-order valence-corrected chi connectivity index (χ3v) is 10.5. The van der Waals surface area contributed by atoms with E-state index in [1.165, 1.54) is 35.2 Å². The van der Waals surface area contributed by atoms with Crippen LogP contribution in [0.25, 0.3) is 10.4 Å².